The number of anilines is 1. The van der Waals surface area contributed by atoms with Gasteiger partial charge in [-0.2, -0.15) is 0 Å². The van der Waals surface area contributed by atoms with Gasteiger partial charge < -0.3 is 30.5 Å². The number of carbonyl (C=O) groups excluding carboxylic acids is 2. The van der Waals surface area contributed by atoms with Gasteiger partial charge in [-0.3, -0.25) is 14.5 Å². The van der Waals surface area contributed by atoms with Crippen LogP contribution in [0.25, 0.3) is 0 Å². The summed E-state index contributed by atoms with van der Waals surface area (Å²) in [6.07, 6.45) is -2.02. The third kappa shape index (κ3) is 8.47. The molecule has 186 valence electrons. The van der Waals surface area contributed by atoms with Crippen molar-refractivity contribution in [2.24, 2.45) is 5.73 Å². The molecule has 3 amide bonds. The Hall–Kier alpha value is -2.40. The first-order valence-electron chi connectivity index (χ1n) is 10.9. The molecule has 1 aromatic rings. The van der Waals surface area contributed by atoms with E-state index in [0.717, 1.165) is 0 Å². The number of halogens is 1. The zero-order valence-corrected chi connectivity index (χ0v) is 20.5. The fourth-order valence-electron chi connectivity index (χ4n) is 3.27. The van der Waals surface area contributed by atoms with Crippen LogP contribution in [-0.2, 0) is 19.1 Å². The first-order chi connectivity index (χ1) is 15.6. The lowest BCUT2D eigenvalue weighted by Gasteiger charge is -2.37. The Morgan fingerprint density at radius 2 is 1.61 bits per heavy atom. The zero-order valence-electron chi connectivity index (χ0n) is 19.8. The fraction of sp³-hybridized carbons (Fsp3) is 0.591. The third-order valence-electron chi connectivity index (χ3n) is 4.88. The summed E-state index contributed by atoms with van der Waals surface area (Å²) in [6, 6.07) is 3.90. The van der Waals surface area contributed by atoms with E-state index >= 15 is 0 Å². The van der Waals surface area contributed by atoms with Crippen molar-refractivity contribution >= 4 is 35.2 Å². The average Bonchev–Trinajstić information content (AvgIpc) is 2.76. The number of hydrogen-bond donors (Lipinski definition) is 3. The summed E-state index contributed by atoms with van der Waals surface area (Å²) >= 11 is 5.99. The van der Waals surface area contributed by atoms with Crippen LogP contribution in [0.2, 0.25) is 5.02 Å². The second-order valence-corrected chi connectivity index (χ2v) is 7.96. The molecule has 0 fully saturated rings. The minimum Gasteiger partial charge on any atom is -0.465 e. The average molecular weight is 487 g/mol. The molecule has 0 aliphatic heterocycles. The molecule has 0 heterocycles. The number of ether oxygens (including phenoxy) is 2. The number of carboxylic acid groups (broad SMARTS) is 1. The molecular formula is C22H35ClN4O6. The molecule has 2 unspecified atom stereocenters. The zero-order chi connectivity index (χ0) is 25.1. The summed E-state index contributed by atoms with van der Waals surface area (Å²) in [5, 5.41) is 11.7. The van der Waals surface area contributed by atoms with Gasteiger partial charge in [0.1, 0.15) is 12.1 Å². The molecule has 10 nitrogen and oxygen atoms in total. The van der Waals surface area contributed by atoms with Crippen LogP contribution < -0.4 is 16.0 Å². The van der Waals surface area contributed by atoms with E-state index in [9.17, 15) is 14.4 Å². The molecule has 0 spiro atoms. The topological polar surface area (TPSA) is 134 Å². The Kier molecular flexibility index (Phi) is 12.1. The predicted molar refractivity (Wildman–Crippen MR) is 126 cm³/mol. The Morgan fingerprint density at radius 1 is 1.06 bits per heavy atom. The summed E-state index contributed by atoms with van der Waals surface area (Å²) in [4.78, 5) is 40.9. The van der Waals surface area contributed by atoms with E-state index in [0.29, 0.717) is 23.9 Å². The van der Waals surface area contributed by atoms with E-state index < -0.39 is 30.4 Å². The largest absolute Gasteiger partial charge is 0.465 e. The lowest BCUT2D eigenvalue weighted by Crippen LogP contribution is -2.59. The van der Waals surface area contributed by atoms with Gasteiger partial charge in [-0.25, -0.2) is 4.79 Å². The number of benzene rings is 1. The Balaban J connectivity index is 3.34. The molecule has 0 aliphatic carbocycles. The summed E-state index contributed by atoms with van der Waals surface area (Å²) in [7, 11) is 0. The quantitative estimate of drug-likeness (QED) is 0.364. The molecule has 11 heteroatoms. The van der Waals surface area contributed by atoms with Gasteiger partial charge in [0.05, 0.1) is 6.54 Å². The maximum Gasteiger partial charge on any atom is 0.405 e. The number of nitrogens with two attached hydrogens (primary N) is 1. The van der Waals surface area contributed by atoms with Crippen molar-refractivity contribution in [2.45, 2.75) is 59.0 Å². The van der Waals surface area contributed by atoms with E-state index in [4.69, 9.17) is 31.9 Å². The van der Waals surface area contributed by atoms with Crippen molar-refractivity contribution in [2.75, 3.05) is 31.2 Å². The fourth-order valence-corrected chi connectivity index (χ4v) is 3.40. The minimum absolute atomic E-state index is 0.166. The highest BCUT2D eigenvalue weighted by atomic mass is 35.5. The molecule has 4 N–H and O–H groups in total. The highest BCUT2D eigenvalue weighted by Gasteiger charge is 2.36. The van der Waals surface area contributed by atoms with Gasteiger partial charge in [0.2, 0.25) is 5.91 Å². The lowest BCUT2D eigenvalue weighted by atomic mass is 10.1. The van der Waals surface area contributed by atoms with Crippen LogP contribution in [0.5, 0.6) is 0 Å². The molecule has 2 atom stereocenters. The summed E-state index contributed by atoms with van der Waals surface area (Å²) in [5.74, 6) is -1.01. The molecule has 33 heavy (non-hydrogen) atoms. The molecule has 0 bridgehead atoms. The Labute approximate surface area is 199 Å². The Bertz CT molecular complexity index is 771. The van der Waals surface area contributed by atoms with Crippen molar-refractivity contribution in [1.29, 1.82) is 0 Å². The van der Waals surface area contributed by atoms with Gasteiger partial charge in [-0.15, -0.1) is 0 Å². The molecule has 0 saturated carbocycles. The number of rotatable bonds is 13. The van der Waals surface area contributed by atoms with E-state index in [1.165, 1.54) is 4.90 Å². The van der Waals surface area contributed by atoms with Crippen LogP contribution in [-0.4, -0.2) is 78.6 Å². The highest BCUT2D eigenvalue weighted by Crippen LogP contribution is 2.23. The number of nitrogens with zero attached hydrogens (tertiary/aromatic N) is 2. The van der Waals surface area contributed by atoms with Crippen LogP contribution >= 0.6 is 11.6 Å². The van der Waals surface area contributed by atoms with Gasteiger partial charge in [0.25, 0.3) is 5.91 Å². The molecule has 0 aromatic heterocycles. The van der Waals surface area contributed by atoms with Crippen LogP contribution in [0.15, 0.2) is 24.3 Å². The van der Waals surface area contributed by atoms with Gasteiger partial charge in [0, 0.05) is 36.5 Å². The second-order valence-electron chi connectivity index (χ2n) is 7.52. The van der Waals surface area contributed by atoms with Crippen LogP contribution in [0.1, 0.15) is 34.6 Å². The standard InChI is InChI=1S/C22H35ClN4O6/c1-6-32-19(33-7-2)13-26(14(3)4)20(28)15(5)27(17-10-8-16(23)9-11-17)21(29)18(12-24)25-22(30)31/h8-11,14-15,18-19,25H,6-7,12-13,24H2,1-5H3,(H,30,31). The van der Waals surface area contributed by atoms with Crippen molar-refractivity contribution in [3.63, 3.8) is 0 Å². The van der Waals surface area contributed by atoms with E-state index in [1.54, 1.807) is 36.1 Å². The number of nitrogens with one attached hydrogen (secondary N) is 1. The van der Waals surface area contributed by atoms with Crippen LogP contribution in [0, 0.1) is 0 Å². The number of hydrogen-bond acceptors (Lipinski definition) is 6. The summed E-state index contributed by atoms with van der Waals surface area (Å²) in [6.45, 7) is 9.66. The van der Waals surface area contributed by atoms with Crippen LogP contribution in [0.3, 0.4) is 0 Å². The van der Waals surface area contributed by atoms with Gasteiger partial charge >= 0.3 is 6.09 Å². The van der Waals surface area contributed by atoms with E-state index in [-0.39, 0.29) is 25.0 Å². The Morgan fingerprint density at radius 3 is 2.03 bits per heavy atom. The first kappa shape index (κ1) is 28.6. The van der Waals surface area contributed by atoms with Gasteiger partial charge in [0.15, 0.2) is 6.29 Å². The number of carbonyl (C=O) groups is 3. The maximum absolute atomic E-state index is 13.6. The maximum atomic E-state index is 13.6. The first-order valence-corrected chi connectivity index (χ1v) is 11.3. The van der Waals surface area contributed by atoms with E-state index in [2.05, 4.69) is 5.32 Å². The van der Waals surface area contributed by atoms with E-state index in [1.807, 2.05) is 27.7 Å². The molecular weight excluding hydrogens is 452 g/mol. The predicted octanol–water partition coefficient (Wildman–Crippen LogP) is 2.29. The monoisotopic (exact) mass is 486 g/mol. The molecule has 0 aliphatic rings. The summed E-state index contributed by atoms with van der Waals surface area (Å²) < 4.78 is 11.2. The third-order valence-corrected chi connectivity index (χ3v) is 5.13. The number of amides is 3. The molecule has 0 saturated heterocycles. The van der Waals surface area contributed by atoms with Crippen LogP contribution in [0.4, 0.5) is 10.5 Å². The minimum atomic E-state index is -1.39. The lowest BCUT2D eigenvalue weighted by molar-refractivity contribution is -0.162. The van der Waals surface area contributed by atoms with Gasteiger partial charge in [-0.1, -0.05) is 11.6 Å². The van der Waals surface area contributed by atoms with Crippen molar-refractivity contribution in [3.8, 4) is 0 Å². The summed E-state index contributed by atoms with van der Waals surface area (Å²) in [5.41, 5.74) is 6.04. The molecule has 1 rings (SSSR count). The molecule has 0 radical (unpaired) electrons. The van der Waals surface area contributed by atoms with Gasteiger partial charge in [-0.05, 0) is 58.9 Å². The highest BCUT2D eigenvalue weighted by molar-refractivity contribution is 6.30. The van der Waals surface area contributed by atoms with Crippen molar-refractivity contribution in [3.05, 3.63) is 29.3 Å². The SMILES string of the molecule is CCOC(CN(C(=O)C(C)N(C(=O)C(CN)NC(=O)O)c1ccc(Cl)cc1)C(C)C)OCC. The van der Waals surface area contributed by atoms with Crippen molar-refractivity contribution in [1.82, 2.24) is 10.2 Å². The normalized spacial score (nSPS) is 13.0. The van der Waals surface area contributed by atoms with Crippen molar-refractivity contribution < 1.29 is 29.0 Å². The second kappa shape index (κ2) is 14.0. The smallest absolute Gasteiger partial charge is 0.405 e. The molecule has 1 aromatic carbocycles.